The summed E-state index contributed by atoms with van der Waals surface area (Å²) in [5, 5.41) is 17.0. The smallest absolute Gasteiger partial charge is 0.328 e. The molecule has 1 saturated heterocycles. The van der Waals surface area contributed by atoms with E-state index in [2.05, 4.69) is 10.3 Å². The lowest BCUT2D eigenvalue weighted by molar-refractivity contribution is -0.140. The van der Waals surface area contributed by atoms with Gasteiger partial charge in [-0.1, -0.05) is 23.4 Å². The highest BCUT2D eigenvalue weighted by molar-refractivity contribution is 7.81. The number of thiol groups is 1. The van der Waals surface area contributed by atoms with Crippen molar-refractivity contribution in [2.24, 2.45) is 5.92 Å². The molecule has 1 aliphatic carbocycles. The highest BCUT2D eigenvalue weighted by Gasteiger charge is 2.40. The van der Waals surface area contributed by atoms with Crippen LogP contribution < -0.4 is 0 Å². The maximum atomic E-state index is 14.7. The Kier molecular flexibility index (Phi) is 6.24. The monoisotopic (exact) mass is 444 g/mol. The minimum absolute atomic E-state index is 0.00666. The molecular weight excluding hydrogens is 419 g/mol. The Bertz CT molecular complexity index is 1020. The summed E-state index contributed by atoms with van der Waals surface area (Å²) in [4.78, 5) is 26.5. The number of piperidine rings is 1. The Morgan fingerprint density at radius 2 is 2.03 bits per heavy atom. The Labute approximate surface area is 185 Å². The maximum Gasteiger partial charge on any atom is 0.328 e. The summed E-state index contributed by atoms with van der Waals surface area (Å²) in [5.74, 6) is -1.33. The molecule has 2 fully saturated rings. The molecule has 31 heavy (non-hydrogen) atoms. The number of hydrogen-bond donors (Lipinski definition) is 2. The number of carboxylic acid groups (broad SMARTS) is 1. The number of aliphatic carboxylic acids is 1. The number of benzene rings is 1. The largest absolute Gasteiger partial charge is 0.480 e. The van der Waals surface area contributed by atoms with Crippen molar-refractivity contribution in [1.82, 2.24) is 19.9 Å². The second-order valence-corrected chi connectivity index (χ2v) is 8.84. The molecule has 1 saturated carbocycles. The van der Waals surface area contributed by atoms with Crippen LogP contribution in [0.1, 0.15) is 49.5 Å². The van der Waals surface area contributed by atoms with Crippen molar-refractivity contribution in [3.05, 3.63) is 53.1 Å². The standard InChI is InChI=1S/C22H25FN4O3S/c1-13(22(29)30)27-16(11-24-25-27)10-15-12-26(9-8-19(15)31)20(21(28)14-6-7-14)17-4-2-3-5-18(17)23/h2-5,10-11,13-14,19-20,31H,6-9,12H2,1H3,(H,29,30)/b15-10-. The molecule has 2 heterocycles. The maximum absolute atomic E-state index is 14.7. The van der Waals surface area contributed by atoms with Crippen molar-refractivity contribution >= 4 is 30.5 Å². The number of carbonyl (C=O) groups excluding carboxylic acids is 1. The summed E-state index contributed by atoms with van der Waals surface area (Å²) in [6, 6.07) is 4.95. The number of carboxylic acids is 1. The quantitative estimate of drug-likeness (QED) is 0.638. The van der Waals surface area contributed by atoms with Gasteiger partial charge >= 0.3 is 5.97 Å². The summed E-state index contributed by atoms with van der Waals surface area (Å²) < 4.78 is 16.0. The van der Waals surface area contributed by atoms with Crippen LogP contribution in [0.3, 0.4) is 0 Å². The van der Waals surface area contributed by atoms with Gasteiger partial charge in [0.15, 0.2) is 5.78 Å². The van der Waals surface area contributed by atoms with E-state index in [1.54, 1.807) is 18.2 Å². The first-order valence-electron chi connectivity index (χ1n) is 10.4. The highest BCUT2D eigenvalue weighted by atomic mass is 32.1. The van der Waals surface area contributed by atoms with Gasteiger partial charge in [-0.05, 0) is 43.9 Å². The molecule has 164 valence electrons. The molecule has 0 bridgehead atoms. The molecule has 9 heteroatoms. The fourth-order valence-corrected chi connectivity index (χ4v) is 4.29. The van der Waals surface area contributed by atoms with E-state index in [1.807, 2.05) is 11.0 Å². The van der Waals surface area contributed by atoms with Crippen molar-refractivity contribution in [3.8, 4) is 0 Å². The zero-order valence-corrected chi connectivity index (χ0v) is 18.1. The summed E-state index contributed by atoms with van der Waals surface area (Å²) in [6.45, 7) is 2.58. The lowest BCUT2D eigenvalue weighted by Crippen LogP contribution is -2.42. The molecule has 4 rings (SSSR count). The number of carbonyl (C=O) groups is 2. The number of hydrogen-bond acceptors (Lipinski definition) is 6. The Morgan fingerprint density at radius 1 is 1.29 bits per heavy atom. The van der Waals surface area contributed by atoms with Crippen molar-refractivity contribution < 1.29 is 19.1 Å². The number of ketones is 1. The van der Waals surface area contributed by atoms with Crippen LogP contribution in [-0.2, 0) is 9.59 Å². The molecule has 7 nitrogen and oxygen atoms in total. The molecule has 1 aromatic heterocycles. The van der Waals surface area contributed by atoms with Gasteiger partial charge in [-0.15, -0.1) is 5.10 Å². The molecule has 1 N–H and O–H groups in total. The molecule has 3 atom stereocenters. The Morgan fingerprint density at radius 3 is 2.71 bits per heavy atom. The van der Waals surface area contributed by atoms with Gasteiger partial charge < -0.3 is 5.11 Å². The van der Waals surface area contributed by atoms with Crippen molar-refractivity contribution in [2.75, 3.05) is 13.1 Å². The second-order valence-electron chi connectivity index (χ2n) is 8.21. The number of halogens is 1. The van der Waals surface area contributed by atoms with Crippen LogP contribution in [0, 0.1) is 11.7 Å². The van der Waals surface area contributed by atoms with Gasteiger partial charge in [0, 0.05) is 29.8 Å². The zero-order chi connectivity index (χ0) is 22.1. The predicted molar refractivity (Wildman–Crippen MR) is 116 cm³/mol. The van der Waals surface area contributed by atoms with E-state index < -0.39 is 18.1 Å². The number of Topliss-reactive ketones (excluding diaryl/α,β-unsaturated/α-hetero) is 1. The minimum atomic E-state index is -1.01. The van der Waals surface area contributed by atoms with E-state index in [4.69, 9.17) is 12.6 Å². The zero-order valence-electron chi connectivity index (χ0n) is 17.2. The van der Waals surface area contributed by atoms with Gasteiger partial charge in [-0.2, -0.15) is 12.6 Å². The van der Waals surface area contributed by atoms with Crippen LogP contribution in [0.5, 0.6) is 0 Å². The fourth-order valence-electron chi connectivity index (χ4n) is 4.02. The predicted octanol–water partition coefficient (Wildman–Crippen LogP) is 3.17. The van der Waals surface area contributed by atoms with Crippen LogP contribution in [0.2, 0.25) is 0 Å². The van der Waals surface area contributed by atoms with Gasteiger partial charge in [0.05, 0.1) is 17.9 Å². The molecule has 2 aliphatic rings. The third-order valence-corrected chi connectivity index (χ3v) is 6.57. The Hall–Kier alpha value is -2.52. The fraction of sp³-hybridized carbons (Fsp3) is 0.455. The van der Waals surface area contributed by atoms with Crippen LogP contribution in [0.25, 0.3) is 6.08 Å². The first kappa shape index (κ1) is 21.7. The SMILES string of the molecule is CC(C(=O)O)n1nncc1/C=C1/CN(C(C(=O)C2CC2)c2ccccc2F)CCC1S. The normalized spacial score (nSPS) is 22.9. The highest BCUT2D eigenvalue weighted by Crippen LogP contribution is 2.39. The summed E-state index contributed by atoms with van der Waals surface area (Å²) >= 11 is 4.70. The van der Waals surface area contributed by atoms with Crippen molar-refractivity contribution in [2.45, 2.75) is 43.5 Å². The van der Waals surface area contributed by atoms with E-state index in [9.17, 15) is 19.1 Å². The second kappa shape index (κ2) is 8.92. The van der Waals surface area contributed by atoms with Crippen LogP contribution in [-0.4, -0.2) is 55.1 Å². The van der Waals surface area contributed by atoms with Crippen molar-refractivity contribution in [3.63, 3.8) is 0 Å². The van der Waals surface area contributed by atoms with Gasteiger partial charge in [-0.3, -0.25) is 9.69 Å². The minimum Gasteiger partial charge on any atom is -0.480 e. The van der Waals surface area contributed by atoms with Gasteiger partial charge in [-0.25, -0.2) is 13.9 Å². The number of likely N-dealkylation sites (tertiary alicyclic amines) is 1. The van der Waals surface area contributed by atoms with E-state index in [-0.39, 0.29) is 22.8 Å². The van der Waals surface area contributed by atoms with E-state index in [0.717, 1.165) is 18.4 Å². The summed E-state index contributed by atoms with van der Waals surface area (Å²) in [5.41, 5.74) is 1.88. The molecule has 3 unspecified atom stereocenters. The van der Waals surface area contributed by atoms with E-state index in [1.165, 1.54) is 23.9 Å². The lowest BCUT2D eigenvalue weighted by Gasteiger charge is -2.37. The molecule has 0 amide bonds. The van der Waals surface area contributed by atoms with Gasteiger partial charge in [0.2, 0.25) is 0 Å². The van der Waals surface area contributed by atoms with Gasteiger partial charge in [0.1, 0.15) is 11.9 Å². The molecular formula is C22H25FN4O3S. The van der Waals surface area contributed by atoms with Crippen molar-refractivity contribution in [1.29, 1.82) is 0 Å². The van der Waals surface area contributed by atoms with Crippen LogP contribution in [0.15, 0.2) is 36.0 Å². The summed E-state index contributed by atoms with van der Waals surface area (Å²) in [6.07, 6.45) is 5.74. The molecule has 2 aromatic rings. The Balaban J connectivity index is 1.65. The van der Waals surface area contributed by atoms with Gasteiger partial charge in [0.25, 0.3) is 0 Å². The average molecular weight is 445 g/mol. The lowest BCUT2D eigenvalue weighted by atomic mass is 9.93. The first-order valence-corrected chi connectivity index (χ1v) is 10.9. The molecule has 1 aromatic carbocycles. The molecule has 0 radical (unpaired) electrons. The van der Waals surface area contributed by atoms with E-state index >= 15 is 0 Å². The number of aromatic nitrogens is 3. The van der Waals surface area contributed by atoms with Crippen LogP contribution >= 0.6 is 12.6 Å². The third kappa shape index (κ3) is 4.57. The summed E-state index contributed by atoms with van der Waals surface area (Å²) in [7, 11) is 0. The first-order chi connectivity index (χ1) is 14.9. The third-order valence-electron chi connectivity index (χ3n) is 5.98. The number of rotatable bonds is 7. The van der Waals surface area contributed by atoms with Crippen LogP contribution in [0.4, 0.5) is 4.39 Å². The molecule has 0 spiro atoms. The van der Waals surface area contributed by atoms with E-state index in [0.29, 0.717) is 30.8 Å². The molecule has 1 aliphatic heterocycles. The number of nitrogens with zero attached hydrogens (tertiary/aromatic N) is 4. The topological polar surface area (TPSA) is 88.3 Å². The average Bonchev–Trinajstić information content (AvgIpc) is 3.50.